The molecule has 0 amide bonds. The van der Waals surface area contributed by atoms with Crippen molar-refractivity contribution >= 4 is 27.1 Å². The molecule has 0 atom stereocenters. The number of primary sulfonamides is 1. The van der Waals surface area contributed by atoms with Crippen LogP contribution in [-0.4, -0.2) is 50.1 Å². The van der Waals surface area contributed by atoms with Crippen LogP contribution in [0.3, 0.4) is 0 Å². The molecule has 10 heteroatoms. The van der Waals surface area contributed by atoms with Gasteiger partial charge in [-0.15, -0.1) is 0 Å². The lowest BCUT2D eigenvalue weighted by Crippen LogP contribution is -2.38. The number of nitrogens with one attached hydrogen (secondary N) is 1. The third-order valence-corrected chi connectivity index (χ3v) is 7.43. The predicted octanol–water partition coefficient (Wildman–Crippen LogP) is 4.52. The summed E-state index contributed by atoms with van der Waals surface area (Å²) < 4.78 is 41.0. The molecule has 0 bridgehead atoms. The van der Waals surface area contributed by atoms with E-state index < -0.39 is 10.0 Å². The number of nitrogens with two attached hydrogens (primary N) is 1. The van der Waals surface area contributed by atoms with Crippen molar-refractivity contribution in [1.29, 1.82) is 0 Å². The first-order valence-electron chi connectivity index (χ1n) is 12.6. The maximum Gasteiger partial charge on any atom is 0.295 e. The second kappa shape index (κ2) is 11.5. The van der Waals surface area contributed by atoms with Crippen LogP contribution in [0.1, 0.15) is 52.0 Å². The van der Waals surface area contributed by atoms with Gasteiger partial charge in [0.15, 0.2) is 17.1 Å². The second-order valence-electron chi connectivity index (χ2n) is 9.16. The van der Waals surface area contributed by atoms with E-state index in [9.17, 15) is 8.42 Å². The summed E-state index contributed by atoms with van der Waals surface area (Å²) in [6.45, 7) is 9.57. The fourth-order valence-electron chi connectivity index (χ4n) is 4.47. The topological polar surface area (TPSA) is 120 Å². The van der Waals surface area contributed by atoms with Crippen LogP contribution in [-0.2, 0) is 16.6 Å². The molecule has 0 aliphatic carbocycles. The lowest BCUT2D eigenvalue weighted by Gasteiger charge is -2.32. The fraction of sp³-hybridized carbons (Fsp3) is 0.500. The quantitative estimate of drug-likeness (QED) is 0.382. The van der Waals surface area contributed by atoms with E-state index in [0.29, 0.717) is 23.7 Å². The summed E-state index contributed by atoms with van der Waals surface area (Å²) in [6, 6.07) is 11.3. The number of aromatic nitrogens is 1. The molecule has 1 aromatic heterocycles. The Bertz CT molecular complexity index is 1260. The summed E-state index contributed by atoms with van der Waals surface area (Å²) in [5.74, 6) is 1.62. The number of hydrogen-bond acceptors (Lipinski definition) is 8. The molecule has 0 spiro atoms. The van der Waals surface area contributed by atoms with Crippen LogP contribution < -0.4 is 19.9 Å². The van der Waals surface area contributed by atoms with Crippen LogP contribution in [0.25, 0.3) is 11.1 Å². The van der Waals surface area contributed by atoms with Crippen molar-refractivity contribution in [3.63, 3.8) is 0 Å². The summed E-state index contributed by atoms with van der Waals surface area (Å²) in [5, 5.41) is 8.57. The van der Waals surface area contributed by atoms with Gasteiger partial charge >= 0.3 is 0 Å². The first-order chi connectivity index (χ1) is 17.3. The number of ether oxygens (including phenoxy) is 2. The number of nitrogens with zero attached hydrogens (tertiary/aromatic N) is 2. The molecule has 9 nitrogen and oxygen atoms in total. The Morgan fingerprint density at radius 1 is 1.11 bits per heavy atom. The van der Waals surface area contributed by atoms with E-state index in [2.05, 4.69) is 41.2 Å². The van der Waals surface area contributed by atoms with Gasteiger partial charge in [0.2, 0.25) is 10.0 Å². The SMILES string of the molecule is CCOc1cc(CN2CCC(Nc3nc4cc(S(N)(=O)=O)ccc4o3)CC2)ccc1OC(CC)CC. The third kappa shape index (κ3) is 6.48. The van der Waals surface area contributed by atoms with Gasteiger partial charge in [0.05, 0.1) is 17.6 Å². The summed E-state index contributed by atoms with van der Waals surface area (Å²) in [5.41, 5.74) is 2.18. The first-order valence-corrected chi connectivity index (χ1v) is 14.2. The molecule has 0 saturated carbocycles. The number of likely N-dealkylation sites (tertiary alicyclic amines) is 1. The zero-order valence-corrected chi connectivity index (χ0v) is 22.0. The summed E-state index contributed by atoms with van der Waals surface area (Å²) in [7, 11) is -3.78. The maximum absolute atomic E-state index is 11.6. The van der Waals surface area contributed by atoms with E-state index >= 15 is 0 Å². The molecule has 1 aliphatic rings. The van der Waals surface area contributed by atoms with Crippen LogP contribution in [0, 0.1) is 0 Å². The number of hydrogen-bond donors (Lipinski definition) is 2. The molecule has 36 heavy (non-hydrogen) atoms. The molecule has 196 valence electrons. The number of benzene rings is 2. The normalized spacial score (nSPS) is 15.5. The Kier molecular flexibility index (Phi) is 8.38. The van der Waals surface area contributed by atoms with Crippen LogP contribution >= 0.6 is 0 Å². The van der Waals surface area contributed by atoms with E-state index in [1.807, 2.05) is 13.0 Å². The molecule has 0 radical (unpaired) electrons. The lowest BCUT2D eigenvalue weighted by atomic mass is 10.0. The highest BCUT2D eigenvalue weighted by Gasteiger charge is 2.22. The van der Waals surface area contributed by atoms with Gasteiger partial charge in [0, 0.05) is 25.7 Å². The average Bonchev–Trinajstić information content (AvgIpc) is 3.26. The van der Waals surface area contributed by atoms with Crippen LogP contribution in [0.2, 0.25) is 0 Å². The van der Waals surface area contributed by atoms with Crippen molar-refractivity contribution in [2.75, 3.05) is 25.0 Å². The smallest absolute Gasteiger partial charge is 0.295 e. The molecule has 3 N–H and O–H groups in total. The Labute approximate surface area is 213 Å². The highest BCUT2D eigenvalue weighted by Crippen LogP contribution is 2.31. The zero-order valence-electron chi connectivity index (χ0n) is 21.2. The molecule has 1 saturated heterocycles. The van der Waals surface area contributed by atoms with Crippen molar-refractivity contribution in [3.05, 3.63) is 42.0 Å². The largest absolute Gasteiger partial charge is 0.490 e. The maximum atomic E-state index is 11.6. The average molecular weight is 517 g/mol. The summed E-state index contributed by atoms with van der Waals surface area (Å²) >= 11 is 0. The fourth-order valence-corrected chi connectivity index (χ4v) is 5.00. The molecule has 3 aromatic rings. The van der Waals surface area contributed by atoms with Gasteiger partial charge in [-0.1, -0.05) is 19.9 Å². The third-order valence-electron chi connectivity index (χ3n) is 6.52. The minimum Gasteiger partial charge on any atom is -0.490 e. The van der Waals surface area contributed by atoms with Crippen LogP contribution in [0.15, 0.2) is 45.7 Å². The Morgan fingerprint density at radius 3 is 2.53 bits per heavy atom. The number of anilines is 1. The van der Waals surface area contributed by atoms with Gasteiger partial charge in [0.25, 0.3) is 6.01 Å². The number of oxazole rings is 1. The summed E-state index contributed by atoms with van der Waals surface area (Å²) in [4.78, 5) is 6.84. The van der Waals surface area contributed by atoms with Crippen molar-refractivity contribution < 1.29 is 22.3 Å². The highest BCUT2D eigenvalue weighted by atomic mass is 32.2. The Hall–Kier alpha value is -2.82. The van der Waals surface area contributed by atoms with Gasteiger partial charge in [-0.3, -0.25) is 4.90 Å². The molecule has 4 rings (SSSR count). The zero-order chi connectivity index (χ0) is 25.7. The highest BCUT2D eigenvalue weighted by molar-refractivity contribution is 7.89. The van der Waals surface area contributed by atoms with Crippen molar-refractivity contribution in [2.45, 2.75) is 70.0 Å². The van der Waals surface area contributed by atoms with Crippen LogP contribution in [0.4, 0.5) is 6.01 Å². The van der Waals surface area contributed by atoms with E-state index in [0.717, 1.165) is 56.8 Å². The van der Waals surface area contributed by atoms with E-state index in [1.54, 1.807) is 6.07 Å². The number of piperidine rings is 1. The molecule has 1 fully saturated rings. The van der Waals surface area contributed by atoms with Crippen molar-refractivity contribution in [1.82, 2.24) is 9.88 Å². The Morgan fingerprint density at radius 2 is 1.86 bits per heavy atom. The molecule has 0 unspecified atom stereocenters. The van der Waals surface area contributed by atoms with Gasteiger partial charge in [-0.05, 0) is 68.5 Å². The number of rotatable bonds is 11. The van der Waals surface area contributed by atoms with E-state index in [1.165, 1.54) is 17.7 Å². The minimum atomic E-state index is -3.78. The number of sulfonamides is 1. The first kappa shape index (κ1) is 26.2. The standard InChI is InChI=1S/C26H36N4O5S/c1-4-20(5-2)34-24-9-7-18(15-25(24)33-6-3)17-30-13-11-19(12-14-30)28-26-29-22-16-21(36(27,31)32)8-10-23(22)35-26/h7-10,15-16,19-20H,4-6,11-14,17H2,1-3H3,(H,28,29)(H2,27,31,32). The molecule has 2 heterocycles. The summed E-state index contributed by atoms with van der Waals surface area (Å²) in [6.07, 6.45) is 4.00. The lowest BCUT2D eigenvalue weighted by molar-refractivity contribution is 0.181. The Balaban J connectivity index is 1.34. The van der Waals surface area contributed by atoms with Gasteiger partial charge in [0.1, 0.15) is 5.52 Å². The molecular weight excluding hydrogens is 480 g/mol. The monoisotopic (exact) mass is 516 g/mol. The van der Waals surface area contributed by atoms with E-state index in [4.69, 9.17) is 19.0 Å². The number of fused-ring (bicyclic) bond motifs is 1. The van der Waals surface area contributed by atoms with Gasteiger partial charge < -0.3 is 19.2 Å². The molecule has 1 aliphatic heterocycles. The molecule has 2 aromatic carbocycles. The van der Waals surface area contributed by atoms with Gasteiger partial charge in [-0.25, -0.2) is 13.6 Å². The molecular formula is C26H36N4O5S. The second-order valence-corrected chi connectivity index (χ2v) is 10.7. The van der Waals surface area contributed by atoms with E-state index in [-0.39, 0.29) is 17.0 Å². The van der Waals surface area contributed by atoms with Crippen LogP contribution in [0.5, 0.6) is 11.5 Å². The minimum absolute atomic E-state index is 0.0193. The predicted molar refractivity (Wildman–Crippen MR) is 140 cm³/mol. The van der Waals surface area contributed by atoms with Crippen molar-refractivity contribution in [3.8, 4) is 11.5 Å². The van der Waals surface area contributed by atoms with Gasteiger partial charge in [-0.2, -0.15) is 4.98 Å². The van der Waals surface area contributed by atoms with Crippen molar-refractivity contribution in [2.24, 2.45) is 5.14 Å².